The Bertz CT molecular complexity index is 83.4. The predicted octanol–water partition coefficient (Wildman–Crippen LogP) is 0.863. The molecule has 0 bridgehead atoms. The molecule has 7 heteroatoms. The lowest BCUT2D eigenvalue weighted by Gasteiger charge is -2.13. The van der Waals surface area contributed by atoms with E-state index < -0.39 is 13.5 Å². The highest BCUT2D eigenvalue weighted by atomic mass is 19.3. The molecule has 0 fully saturated rings. The topological polar surface area (TPSA) is 30.9 Å². The van der Waals surface area contributed by atoms with Crippen LogP contribution in [0.2, 0.25) is 0 Å². The van der Waals surface area contributed by atoms with Crippen LogP contribution in [0, 0.1) is 0 Å². The second-order valence-corrected chi connectivity index (χ2v) is 1.01. The Morgan fingerprint density at radius 3 is 2.40 bits per heavy atom. The molecule has 0 N–H and O–H groups in total. The zero-order valence-electron chi connectivity index (χ0n) is 5.09. The van der Waals surface area contributed by atoms with Crippen LogP contribution < -0.4 is 0 Å². The van der Waals surface area contributed by atoms with Crippen molar-refractivity contribution in [3.63, 3.8) is 0 Å². The minimum Gasteiger partial charge on any atom is -0.254 e. The van der Waals surface area contributed by atoms with Crippen molar-refractivity contribution < 1.29 is 27.7 Å². The largest absolute Gasteiger partial charge is 0.364 e. The van der Waals surface area contributed by atoms with Gasteiger partial charge in [-0.1, -0.05) is 0 Å². The summed E-state index contributed by atoms with van der Waals surface area (Å²) in [7, 11) is 0.984. The van der Waals surface area contributed by atoms with Gasteiger partial charge in [-0.3, -0.25) is 4.84 Å². The average molecular weight is 161 g/mol. The molecule has 0 heterocycles. The van der Waals surface area contributed by atoms with Gasteiger partial charge in [-0.25, -0.2) is 9.23 Å². The maximum Gasteiger partial charge on any atom is 0.364 e. The molecule has 0 aromatic heterocycles. The van der Waals surface area contributed by atoms with Crippen LogP contribution in [0.1, 0.15) is 0 Å². The second kappa shape index (κ2) is 5.42. The summed E-state index contributed by atoms with van der Waals surface area (Å²) in [5, 5.41) is -0.120. The van der Waals surface area contributed by atoms with Crippen LogP contribution in [0.5, 0.6) is 0 Å². The van der Waals surface area contributed by atoms with Gasteiger partial charge in [0.1, 0.15) is 0 Å². The van der Waals surface area contributed by atoms with Gasteiger partial charge in [0.15, 0.2) is 0 Å². The number of nitrogens with zero attached hydrogens (tertiary/aromatic N) is 1. The van der Waals surface area contributed by atoms with E-state index in [1.165, 1.54) is 0 Å². The van der Waals surface area contributed by atoms with E-state index in [1.807, 2.05) is 0 Å². The molecule has 4 nitrogen and oxygen atoms in total. The number of hydrogen-bond donors (Lipinski definition) is 0. The van der Waals surface area contributed by atoms with Gasteiger partial charge in [0, 0.05) is 0 Å². The molecule has 0 unspecified atom stereocenters. The molecule has 0 radical (unpaired) electrons. The van der Waals surface area contributed by atoms with Gasteiger partial charge < -0.3 is 0 Å². The van der Waals surface area contributed by atoms with Gasteiger partial charge >= 0.3 is 6.61 Å². The normalized spacial score (nSPS) is 11.4. The van der Waals surface area contributed by atoms with E-state index in [0.29, 0.717) is 0 Å². The van der Waals surface area contributed by atoms with Crippen LogP contribution in [0.15, 0.2) is 0 Å². The highest BCUT2D eigenvalue weighted by Crippen LogP contribution is 2.00. The van der Waals surface area contributed by atoms with E-state index in [4.69, 9.17) is 0 Å². The molecule has 0 saturated heterocycles. The summed E-state index contributed by atoms with van der Waals surface area (Å²) in [5.41, 5.74) is 0. The van der Waals surface area contributed by atoms with Gasteiger partial charge in [0.2, 0.25) is 6.86 Å². The van der Waals surface area contributed by atoms with Crippen molar-refractivity contribution in [3.05, 3.63) is 0 Å². The van der Waals surface area contributed by atoms with Crippen molar-refractivity contribution in [2.24, 2.45) is 0 Å². The van der Waals surface area contributed by atoms with Crippen LogP contribution in [-0.4, -0.2) is 26.0 Å². The summed E-state index contributed by atoms with van der Waals surface area (Å²) in [5.74, 6) is 0. The van der Waals surface area contributed by atoms with Gasteiger partial charge in [-0.05, 0) is 0 Å². The molecule has 62 valence electrons. The lowest BCUT2D eigenvalue weighted by Crippen LogP contribution is -2.25. The van der Waals surface area contributed by atoms with E-state index >= 15 is 0 Å². The van der Waals surface area contributed by atoms with E-state index in [1.54, 1.807) is 0 Å². The van der Waals surface area contributed by atoms with E-state index in [9.17, 15) is 13.2 Å². The standard InChI is InChI=1S/C3H6F3NO3/c1-8-7(9-2-4)10-3(5)6/h3H,2H2,1H3. The van der Waals surface area contributed by atoms with Crippen molar-refractivity contribution >= 4 is 0 Å². The molecule has 0 aromatic rings. The molecule has 0 atom stereocenters. The Labute approximate surface area is 54.9 Å². The lowest BCUT2D eigenvalue weighted by molar-refractivity contribution is -0.554. The van der Waals surface area contributed by atoms with Crippen molar-refractivity contribution in [2.45, 2.75) is 6.61 Å². The quantitative estimate of drug-likeness (QED) is 0.559. The summed E-state index contributed by atoms with van der Waals surface area (Å²) in [4.78, 5) is 11.2. The number of rotatable bonds is 5. The van der Waals surface area contributed by atoms with E-state index in [0.717, 1.165) is 7.11 Å². The van der Waals surface area contributed by atoms with Gasteiger partial charge in [0.05, 0.1) is 12.5 Å². The van der Waals surface area contributed by atoms with Crippen LogP contribution >= 0.6 is 0 Å². The molecule has 0 amide bonds. The van der Waals surface area contributed by atoms with Crippen molar-refractivity contribution in [3.8, 4) is 0 Å². The Balaban J connectivity index is 3.39. The zero-order valence-corrected chi connectivity index (χ0v) is 5.09. The van der Waals surface area contributed by atoms with Gasteiger partial charge in [-0.15, -0.1) is 0 Å². The monoisotopic (exact) mass is 161 g/mol. The zero-order chi connectivity index (χ0) is 7.98. The average Bonchev–Trinajstić information content (AvgIpc) is 1.86. The maximum atomic E-state index is 11.2. The summed E-state index contributed by atoms with van der Waals surface area (Å²) in [6.07, 6.45) is 0. The third-order valence-corrected chi connectivity index (χ3v) is 0.469. The molecule has 0 aliphatic carbocycles. The molecule has 0 spiro atoms. The Hall–Kier alpha value is -0.370. The lowest BCUT2D eigenvalue weighted by atomic mass is 11.5. The molecule has 0 aromatic carbocycles. The maximum absolute atomic E-state index is 11.2. The van der Waals surface area contributed by atoms with Crippen molar-refractivity contribution in [1.29, 1.82) is 0 Å². The molecule has 10 heavy (non-hydrogen) atoms. The second-order valence-electron chi connectivity index (χ2n) is 1.01. The van der Waals surface area contributed by atoms with Gasteiger partial charge in [0.25, 0.3) is 0 Å². The Kier molecular flexibility index (Phi) is 5.22. The summed E-state index contributed by atoms with van der Waals surface area (Å²) in [6, 6.07) is 0. The molecular weight excluding hydrogens is 155 g/mol. The minimum atomic E-state index is -3.11. The highest BCUT2D eigenvalue weighted by Gasteiger charge is 2.11. The number of alkyl halides is 3. The first-order valence-corrected chi connectivity index (χ1v) is 2.18. The highest BCUT2D eigenvalue weighted by molar-refractivity contribution is 3.96. The first-order chi connectivity index (χ1) is 4.70. The molecule has 0 aliphatic heterocycles. The third-order valence-electron chi connectivity index (χ3n) is 0.469. The fourth-order valence-electron chi connectivity index (χ4n) is 0.231. The summed E-state index contributed by atoms with van der Waals surface area (Å²) >= 11 is 0. The fourth-order valence-corrected chi connectivity index (χ4v) is 0.231. The fraction of sp³-hybridized carbons (Fsp3) is 1.00. The molecular formula is C3H6F3NO3. The van der Waals surface area contributed by atoms with Crippen LogP contribution in [0.4, 0.5) is 13.2 Å². The smallest absolute Gasteiger partial charge is 0.254 e. The molecule has 0 rings (SSSR count). The van der Waals surface area contributed by atoms with E-state index in [2.05, 4.69) is 14.5 Å². The first kappa shape index (κ1) is 9.63. The van der Waals surface area contributed by atoms with Crippen LogP contribution in [-0.2, 0) is 14.5 Å². The van der Waals surface area contributed by atoms with Crippen LogP contribution in [0.25, 0.3) is 0 Å². The Morgan fingerprint density at radius 2 is 2.10 bits per heavy atom. The minimum absolute atomic E-state index is 0.120. The van der Waals surface area contributed by atoms with Crippen molar-refractivity contribution in [1.82, 2.24) is 5.39 Å². The first-order valence-electron chi connectivity index (χ1n) is 2.18. The molecule has 0 aliphatic rings. The SMILES string of the molecule is CON(OCF)OC(F)F. The number of hydrogen-bond acceptors (Lipinski definition) is 4. The van der Waals surface area contributed by atoms with Gasteiger partial charge in [-0.2, -0.15) is 13.6 Å². The molecule has 0 saturated carbocycles. The van der Waals surface area contributed by atoms with E-state index in [-0.39, 0.29) is 5.39 Å². The Morgan fingerprint density at radius 1 is 1.50 bits per heavy atom. The summed E-state index contributed by atoms with van der Waals surface area (Å²) < 4.78 is 33.7. The van der Waals surface area contributed by atoms with Crippen molar-refractivity contribution in [2.75, 3.05) is 14.0 Å². The van der Waals surface area contributed by atoms with Crippen LogP contribution in [0.3, 0.4) is 0 Å². The number of halogens is 3. The summed E-state index contributed by atoms with van der Waals surface area (Å²) in [6.45, 7) is -4.41. The third kappa shape index (κ3) is 4.50. The predicted molar refractivity (Wildman–Crippen MR) is 23.0 cm³/mol.